The molecule has 0 aliphatic rings. The molecule has 1 rings (SSSR count). The highest BCUT2D eigenvalue weighted by atomic mass is 16.5. The molecule has 0 saturated carbocycles. The number of nitriles is 1. The molecule has 0 spiro atoms. The molecule has 1 aromatic rings. The van der Waals surface area contributed by atoms with Crippen LogP contribution in [0.3, 0.4) is 0 Å². The lowest BCUT2D eigenvalue weighted by Crippen LogP contribution is -2.36. The van der Waals surface area contributed by atoms with Crippen LogP contribution in [0.5, 0.6) is 0 Å². The van der Waals surface area contributed by atoms with Crippen LogP contribution in [-0.2, 0) is 9.53 Å². The van der Waals surface area contributed by atoms with Gasteiger partial charge >= 0.3 is 5.97 Å². The van der Waals surface area contributed by atoms with Gasteiger partial charge in [0.15, 0.2) is 0 Å². The summed E-state index contributed by atoms with van der Waals surface area (Å²) in [5.74, 6) is -0.814. The third kappa shape index (κ3) is 4.07. The molecule has 1 amide bonds. The van der Waals surface area contributed by atoms with Crippen LogP contribution in [0, 0.1) is 11.3 Å². The first kappa shape index (κ1) is 14.6. The van der Waals surface area contributed by atoms with Crippen molar-refractivity contribution in [2.45, 2.75) is 13.8 Å². The zero-order valence-corrected chi connectivity index (χ0v) is 10.9. The van der Waals surface area contributed by atoms with Gasteiger partial charge in [-0.3, -0.25) is 9.59 Å². The number of hydrogen-bond donors (Lipinski definition) is 0. The summed E-state index contributed by atoms with van der Waals surface area (Å²) in [5, 5.41) is 8.65. The van der Waals surface area contributed by atoms with E-state index in [-0.39, 0.29) is 24.8 Å². The standard InChI is InChI=1S/C13H15N3O3/c1-3-16(9-12(17)19-4-2)13(18)11-6-5-10(7-14)8-15-11/h5-6,8H,3-4,9H2,1-2H3. The predicted octanol–water partition coefficient (Wildman–Crippen LogP) is 0.978. The fourth-order valence-corrected chi connectivity index (χ4v) is 1.44. The van der Waals surface area contributed by atoms with Crippen LogP contribution < -0.4 is 0 Å². The Morgan fingerprint density at radius 3 is 2.63 bits per heavy atom. The Balaban J connectivity index is 2.77. The van der Waals surface area contributed by atoms with Crippen molar-refractivity contribution in [3.63, 3.8) is 0 Å². The lowest BCUT2D eigenvalue weighted by atomic mass is 10.2. The summed E-state index contributed by atoms with van der Waals surface area (Å²) in [6, 6.07) is 4.90. The van der Waals surface area contributed by atoms with Gasteiger partial charge in [-0.2, -0.15) is 5.26 Å². The van der Waals surface area contributed by atoms with Gasteiger partial charge in [0.05, 0.1) is 12.2 Å². The van der Waals surface area contributed by atoms with Crippen molar-refractivity contribution in [3.8, 4) is 6.07 Å². The third-order valence-corrected chi connectivity index (χ3v) is 2.41. The second kappa shape index (κ2) is 7.11. The summed E-state index contributed by atoms with van der Waals surface area (Å²) in [5.41, 5.74) is 0.579. The van der Waals surface area contributed by atoms with Crippen molar-refractivity contribution in [1.82, 2.24) is 9.88 Å². The van der Waals surface area contributed by atoms with E-state index in [9.17, 15) is 9.59 Å². The molecule has 100 valence electrons. The van der Waals surface area contributed by atoms with E-state index < -0.39 is 5.97 Å². The lowest BCUT2D eigenvalue weighted by Gasteiger charge is -2.19. The number of ether oxygens (including phenoxy) is 1. The molecule has 6 nitrogen and oxygen atoms in total. The summed E-state index contributed by atoms with van der Waals surface area (Å²) in [7, 11) is 0. The average Bonchev–Trinajstić information content (AvgIpc) is 2.44. The zero-order chi connectivity index (χ0) is 14.3. The Hall–Kier alpha value is -2.42. The molecule has 0 aromatic carbocycles. The maximum atomic E-state index is 12.1. The molecule has 1 aromatic heterocycles. The lowest BCUT2D eigenvalue weighted by molar-refractivity contribution is -0.143. The Labute approximate surface area is 111 Å². The number of rotatable bonds is 5. The van der Waals surface area contributed by atoms with Gasteiger partial charge in [0.25, 0.3) is 5.91 Å². The van der Waals surface area contributed by atoms with Crippen LogP contribution >= 0.6 is 0 Å². The molecule has 0 bridgehead atoms. The number of carbonyl (C=O) groups is 2. The van der Waals surface area contributed by atoms with Gasteiger partial charge in [-0.05, 0) is 26.0 Å². The number of nitrogens with zero attached hydrogens (tertiary/aromatic N) is 3. The summed E-state index contributed by atoms with van der Waals surface area (Å²) < 4.78 is 4.80. The van der Waals surface area contributed by atoms with Crippen LogP contribution in [0.1, 0.15) is 29.9 Å². The van der Waals surface area contributed by atoms with E-state index in [1.807, 2.05) is 6.07 Å². The number of likely N-dealkylation sites (N-methyl/N-ethyl adjacent to an activating group) is 1. The predicted molar refractivity (Wildman–Crippen MR) is 67.2 cm³/mol. The van der Waals surface area contributed by atoms with E-state index in [2.05, 4.69) is 4.98 Å². The van der Waals surface area contributed by atoms with Crippen LogP contribution in [0.2, 0.25) is 0 Å². The van der Waals surface area contributed by atoms with E-state index >= 15 is 0 Å². The second-order valence-electron chi connectivity index (χ2n) is 3.67. The highest BCUT2D eigenvalue weighted by Gasteiger charge is 2.18. The van der Waals surface area contributed by atoms with Crippen molar-refractivity contribution in [2.24, 2.45) is 0 Å². The van der Waals surface area contributed by atoms with E-state index in [1.165, 1.54) is 23.2 Å². The van der Waals surface area contributed by atoms with Gasteiger partial charge in [0.2, 0.25) is 0 Å². The normalized spacial score (nSPS) is 9.53. The minimum atomic E-state index is -0.452. The second-order valence-corrected chi connectivity index (χ2v) is 3.67. The molecule has 0 saturated heterocycles. The molecule has 6 heteroatoms. The van der Waals surface area contributed by atoms with Crippen molar-refractivity contribution in [3.05, 3.63) is 29.6 Å². The SMILES string of the molecule is CCOC(=O)CN(CC)C(=O)c1ccc(C#N)cn1. The van der Waals surface area contributed by atoms with E-state index in [4.69, 9.17) is 10.00 Å². The number of carbonyl (C=O) groups excluding carboxylic acids is 2. The third-order valence-electron chi connectivity index (χ3n) is 2.41. The van der Waals surface area contributed by atoms with Crippen molar-refractivity contribution in [2.75, 3.05) is 19.7 Å². The largest absolute Gasteiger partial charge is 0.465 e. The van der Waals surface area contributed by atoms with Crippen LogP contribution in [0.25, 0.3) is 0 Å². The van der Waals surface area contributed by atoms with Gasteiger partial charge in [-0.25, -0.2) is 4.98 Å². The first-order valence-corrected chi connectivity index (χ1v) is 5.93. The van der Waals surface area contributed by atoms with Gasteiger partial charge in [-0.1, -0.05) is 0 Å². The van der Waals surface area contributed by atoms with Crippen molar-refractivity contribution >= 4 is 11.9 Å². The molecule has 1 heterocycles. The summed E-state index contributed by atoms with van der Waals surface area (Å²) in [4.78, 5) is 28.7. The first-order valence-electron chi connectivity index (χ1n) is 5.93. The van der Waals surface area contributed by atoms with Gasteiger partial charge in [0.1, 0.15) is 18.3 Å². The molecule has 0 fully saturated rings. The van der Waals surface area contributed by atoms with Gasteiger partial charge in [-0.15, -0.1) is 0 Å². The average molecular weight is 261 g/mol. The van der Waals surface area contributed by atoms with E-state index in [0.29, 0.717) is 12.1 Å². The minimum absolute atomic E-state index is 0.106. The van der Waals surface area contributed by atoms with Crippen LogP contribution in [0.15, 0.2) is 18.3 Å². The van der Waals surface area contributed by atoms with Crippen molar-refractivity contribution in [1.29, 1.82) is 5.26 Å². The number of aromatic nitrogens is 1. The number of pyridine rings is 1. The first-order chi connectivity index (χ1) is 9.12. The van der Waals surface area contributed by atoms with Gasteiger partial charge in [0, 0.05) is 12.7 Å². The fourth-order valence-electron chi connectivity index (χ4n) is 1.44. The Bertz CT molecular complexity index is 491. The molecule has 0 atom stereocenters. The van der Waals surface area contributed by atoms with Crippen LogP contribution in [0.4, 0.5) is 0 Å². The molecular weight excluding hydrogens is 246 g/mol. The maximum absolute atomic E-state index is 12.1. The maximum Gasteiger partial charge on any atom is 0.325 e. The Morgan fingerprint density at radius 2 is 2.16 bits per heavy atom. The van der Waals surface area contributed by atoms with E-state index in [0.717, 1.165) is 0 Å². The van der Waals surface area contributed by atoms with Crippen LogP contribution in [-0.4, -0.2) is 41.5 Å². The Kier molecular flexibility index (Phi) is 5.48. The molecule has 0 radical (unpaired) electrons. The highest BCUT2D eigenvalue weighted by Crippen LogP contribution is 2.04. The highest BCUT2D eigenvalue weighted by molar-refractivity contribution is 5.94. The smallest absolute Gasteiger partial charge is 0.325 e. The molecule has 0 aliphatic heterocycles. The topological polar surface area (TPSA) is 83.3 Å². The van der Waals surface area contributed by atoms with Gasteiger partial charge < -0.3 is 9.64 Å². The molecular formula is C13H15N3O3. The number of esters is 1. The summed E-state index contributed by atoms with van der Waals surface area (Å²) in [6.07, 6.45) is 1.32. The zero-order valence-electron chi connectivity index (χ0n) is 10.9. The molecule has 19 heavy (non-hydrogen) atoms. The molecule has 0 aliphatic carbocycles. The van der Waals surface area contributed by atoms with E-state index in [1.54, 1.807) is 13.8 Å². The monoisotopic (exact) mass is 261 g/mol. The van der Waals surface area contributed by atoms with Crippen molar-refractivity contribution < 1.29 is 14.3 Å². The summed E-state index contributed by atoms with van der Waals surface area (Å²) >= 11 is 0. The minimum Gasteiger partial charge on any atom is -0.465 e. The number of amides is 1. The molecule has 0 N–H and O–H groups in total. The molecule has 0 unspecified atom stereocenters. The Morgan fingerprint density at radius 1 is 1.42 bits per heavy atom. The quantitative estimate of drug-likeness (QED) is 0.738. The fraction of sp³-hybridized carbons (Fsp3) is 0.385. The summed E-state index contributed by atoms with van der Waals surface area (Å²) in [6.45, 7) is 4.02. The number of hydrogen-bond acceptors (Lipinski definition) is 5.